The standard InChI is InChI=1S/C22H26N6O2.HI/c1-23-22(25-12-17-26-15-5-3-4-6-16(15)27(17)2)24-9-10-28-20(29)18-13-7-8-14(11-13)19(18)21(28)30;/h3-8,13-14,18-19H,9-12H2,1-2H3,(H2,23,24,25);1H. The molecule has 9 heteroatoms. The van der Waals surface area contributed by atoms with Gasteiger partial charge in [0.05, 0.1) is 29.4 Å². The van der Waals surface area contributed by atoms with Crippen molar-refractivity contribution in [1.82, 2.24) is 25.1 Å². The molecule has 4 unspecified atom stereocenters. The molecule has 2 bridgehead atoms. The van der Waals surface area contributed by atoms with Gasteiger partial charge in [-0.25, -0.2) is 4.98 Å². The van der Waals surface area contributed by atoms with E-state index in [1.165, 1.54) is 4.90 Å². The van der Waals surface area contributed by atoms with E-state index < -0.39 is 0 Å². The van der Waals surface area contributed by atoms with Gasteiger partial charge in [0.2, 0.25) is 11.8 Å². The Morgan fingerprint density at radius 1 is 1.13 bits per heavy atom. The second-order valence-electron chi connectivity index (χ2n) is 8.26. The van der Waals surface area contributed by atoms with Crippen LogP contribution in [0, 0.1) is 23.7 Å². The number of likely N-dealkylation sites (tertiary alicyclic amines) is 1. The molecule has 1 aromatic carbocycles. The molecule has 1 saturated heterocycles. The van der Waals surface area contributed by atoms with Crippen molar-refractivity contribution in [3.63, 3.8) is 0 Å². The molecule has 3 aliphatic rings. The molecule has 2 heterocycles. The van der Waals surface area contributed by atoms with E-state index in [0.29, 0.717) is 25.6 Å². The number of aromatic nitrogens is 2. The number of carbonyl (C=O) groups excluding carboxylic acids is 2. The number of hydrogen-bond donors (Lipinski definition) is 2. The van der Waals surface area contributed by atoms with Crippen LogP contribution in [0.2, 0.25) is 0 Å². The minimum Gasteiger partial charge on any atom is -0.355 e. The number of aliphatic imine (C=N–C) groups is 1. The van der Waals surface area contributed by atoms with Gasteiger partial charge in [0.25, 0.3) is 0 Å². The predicted octanol–water partition coefficient (Wildman–Crippen LogP) is 1.66. The van der Waals surface area contributed by atoms with Crippen LogP contribution in [0.4, 0.5) is 0 Å². The Labute approximate surface area is 198 Å². The van der Waals surface area contributed by atoms with Crippen LogP contribution in [0.5, 0.6) is 0 Å². The molecule has 8 nitrogen and oxygen atoms in total. The third-order valence-corrected chi connectivity index (χ3v) is 6.71. The van der Waals surface area contributed by atoms with Crippen LogP contribution in [-0.4, -0.2) is 52.4 Å². The minimum absolute atomic E-state index is 0. The van der Waals surface area contributed by atoms with Crippen molar-refractivity contribution in [2.45, 2.75) is 13.0 Å². The third-order valence-electron chi connectivity index (χ3n) is 6.71. The van der Waals surface area contributed by atoms with Gasteiger partial charge in [-0.05, 0) is 30.4 Å². The molecular weight excluding hydrogens is 507 g/mol. The second kappa shape index (κ2) is 8.60. The molecule has 1 aliphatic heterocycles. The first-order valence-corrected chi connectivity index (χ1v) is 10.5. The summed E-state index contributed by atoms with van der Waals surface area (Å²) >= 11 is 0. The molecule has 2 amide bonds. The van der Waals surface area contributed by atoms with Gasteiger partial charge in [0.1, 0.15) is 5.82 Å². The van der Waals surface area contributed by atoms with Crippen LogP contribution in [0.15, 0.2) is 41.4 Å². The molecule has 164 valence electrons. The van der Waals surface area contributed by atoms with Gasteiger partial charge in [-0.15, -0.1) is 24.0 Å². The maximum atomic E-state index is 12.8. The maximum Gasteiger partial charge on any atom is 0.233 e. The monoisotopic (exact) mass is 534 g/mol. The highest BCUT2D eigenvalue weighted by Gasteiger charge is 2.58. The maximum absolute atomic E-state index is 12.8. The molecule has 31 heavy (non-hydrogen) atoms. The van der Waals surface area contributed by atoms with Gasteiger partial charge in [-0.2, -0.15) is 0 Å². The molecule has 2 N–H and O–H groups in total. The fourth-order valence-corrected chi connectivity index (χ4v) is 5.21. The highest BCUT2D eigenvalue weighted by Crippen LogP contribution is 2.52. The lowest BCUT2D eigenvalue weighted by Gasteiger charge is -2.18. The van der Waals surface area contributed by atoms with Crippen LogP contribution in [0.1, 0.15) is 12.2 Å². The van der Waals surface area contributed by atoms with E-state index in [4.69, 9.17) is 0 Å². The Morgan fingerprint density at radius 3 is 2.45 bits per heavy atom. The number of benzene rings is 1. The first kappa shape index (κ1) is 21.8. The lowest BCUT2D eigenvalue weighted by Crippen LogP contribution is -2.43. The van der Waals surface area contributed by atoms with Crippen molar-refractivity contribution in [1.29, 1.82) is 0 Å². The Balaban J connectivity index is 0.00000231. The number of imidazole rings is 1. The van der Waals surface area contributed by atoms with Crippen LogP contribution in [-0.2, 0) is 23.2 Å². The second-order valence-corrected chi connectivity index (χ2v) is 8.26. The lowest BCUT2D eigenvalue weighted by molar-refractivity contribution is -0.140. The summed E-state index contributed by atoms with van der Waals surface area (Å²) in [4.78, 5) is 35.8. The molecule has 0 spiro atoms. The van der Waals surface area contributed by atoms with E-state index in [0.717, 1.165) is 23.3 Å². The SMILES string of the molecule is CN=C(NCCN1C(=O)C2C3C=CC(C3)C2C1=O)NCc1nc2ccccc2n1C.I. The van der Waals surface area contributed by atoms with E-state index in [2.05, 4.69) is 37.3 Å². The summed E-state index contributed by atoms with van der Waals surface area (Å²) in [6.07, 6.45) is 5.19. The number of allylic oxidation sites excluding steroid dienone is 2. The molecule has 1 saturated carbocycles. The summed E-state index contributed by atoms with van der Waals surface area (Å²) < 4.78 is 2.05. The first-order valence-electron chi connectivity index (χ1n) is 10.5. The van der Waals surface area contributed by atoms with Gasteiger partial charge in [0.15, 0.2) is 5.96 Å². The van der Waals surface area contributed by atoms with Gasteiger partial charge >= 0.3 is 0 Å². The number of halogens is 1. The number of nitrogens with one attached hydrogen (secondary N) is 2. The molecule has 2 fully saturated rings. The van der Waals surface area contributed by atoms with Crippen LogP contribution >= 0.6 is 24.0 Å². The van der Waals surface area contributed by atoms with Crippen molar-refractivity contribution >= 4 is 52.8 Å². The molecular formula is C22H27IN6O2. The number of fused-ring (bicyclic) bond motifs is 6. The Morgan fingerprint density at radius 2 is 1.81 bits per heavy atom. The molecule has 5 rings (SSSR count). The number of nitrogens with zero attached hydrogens (tertiary/aromatic N) is 4. The van der Waals surface area contributed by atoms with Crippen LogP contribution < -0.4 is 10.6 Å². The fourth-order valence-electron chi connectivity index (χ4n) is 5.21. The van der Waals surface area contributed by atoms with Crippen molar-refractivity contribution in [2.75, 3.05) is 20.1 Å². The average molecular weight is 534 g/mol. The van der Waals surface area contributed by atoms with Gasteiger partial charge < -0.3 is 15.2 Å². The number of carbonyl (C=O) groups is 2. The van der Waals surface area contributed by atoms with E-state index in [1.54, 1.807) is 7.05 Å². The number of para-hydroxylation sites is 2. The zero-order chi connectivity index (χ0) is 20.8. The smallest absolute Gasteiger partial charge is 0.233 e. The Bertz CT molecular complexity index is 1050. The van der Waals surface area contributed by atoms with Crippen molar-refractivity contribution < 1.29 is 9.59 Å². The Kier molecular flexibility index (Phi) is 6.05. The summed E-state index contributed by atoms with van der Waals surface area (Å²) in [5, 5.41) is 6.46. The average Bonchev–Trinajstić information content (AvgIpc) is 3.50. The summed E-state index contributed by atoms with van der Waals surface area (Å²) in [7, 11) is 3.69. The van der Waals surface area contributed by atoms with Gasteiger partial charge in [-0.1, -0.05) is 24.3 Å². The molecule has 0 radical (unpaired) electrons. The number of rotatable bonds is 5. The topological polar surface area (TPSA) is 91.6 Å². The summed E-state index contributed by atoms with van der Waals surface area (Å²) in [6, 6.07) is 8.01. The molecule has 4 atom stereocenters. The number of amides is 2. The zero-order valence-corrected chi connectivity index (χ0v) is 19.9. The minimum atomic E-state index is -0.137. The predicted molar refractivity (Wildman–Crippen MR) is 129 cm³/mol. The quantitative estimate of drug-likeness (QED) is 0.200. The third kappa shape index (κ3) is 3.62. The van der Waals surface area contributed by atoms with Crippen molar-refractivity contribution in [2.24, 2.45) is 35.7 Å². The summed E-state index contributed by atoms with van der Waals surface area (Å²) in [6.45, 7) is 1.34. The molecule has 2 aliphatic carbocycles. The summed E-state index contributed by atoms with van der Waals surface area (Å²) in [5.41, 5.74) is 2.04. The highest BCUT2D eigenvalue weighted by atomic mass is 127. The molecule has 2 aromatic rings. The highest BCUT2D eigenvalue weighted by molar-refractivity contribution is 14.0. The molecule has 1 aromatic heterocycles. The van der Waals surface area contributed by atoms with Gasteiger partial charge in [-0.3, -0.25) is 19.5 Å². The fraction of sp³-hybridized carbons (Fsp3) is 0.455. The van der Waals surface area contributed by atoms with Crippen LogP contribution in [0.25, 0.3) is 11.0 Å². The number of guanidine groups is 1. The number of imide groups is 1. The lowest BCUT2D eigenvalue weighted by atomic mass is 9.85. The van der Waals surface area contributed by atoms with E-state index >= 15 is 0 Å². The van der Waals surface area contributed by atoms with Crippen molar-refractivity contribution in [3.05, 3.63) is 42.2 Å². The van der Waals surface area contributed by atoms with Gasteiger partial charge in [0, 0.05) is 27.2 Å². The van der Waals surface area contributed by atoms with E-state index in [9.17, 15) is 9.59 Å². The van der Waals surface area contributed by atoms with E-state index in [-0.39, 0.29) is 59.5 Å². The largest absolute Gasteiger partial charge is 0.355 e. The summed E-state index contributed by atoms with van der Waals surface area (Å²) in [5.74, 6) is 1.72. The van der Waals surface area contributed by atoms with Crippen molar-refractivity contribution in [3.8, 4) is 0 Å². The Hall–Kier alpha value is -2.43. The van der Waals surface area contributed by atoms with Crippen LogP contribution in [0.3, 0.4) is 0 Å². The normalized spacial score (nSPS) is 26.5. The first-order chi connectivity index (χ1) is 14.6. The number of aryl methyl sites for hydroxylation is 1. The zero-order valence-electron chi connectivity index (χ0n) is 17.6. The number of hydrogen-bond acceptors (Lipinski definition) is 4. The van der Waals surface area contributed by atoms with E-state index in [1.807, 2.05) is 31.3 Å².